The smallest absolute Gasteiger partial charge is 0.310 e. The van der Waals surface area contributed by atoms with Crippen molar-refractivity contribution in [2.24, 2.45) is 5.41 Å². The van der Waals surface area contributed by atoms with Crippen LogP contribution in [0.25, 0.3) is 0 Å². The van der Waals surface area contributed by atoms with E-state index in [1.54, 1.807) is 18.2 Å². The Morgan fingerprint density at radius 1 is 1.33 bits per heavy atom. The summed E-state index contributed by atoms with van der Waals surface area (Å²) in [6, 6.07) is 6.14. The lowest BCUT2D eigenvalue weighted by molar-refractivity contribution is -0.385. The van der Waals surface area contributed by atoms with Crippen molar-refractivity contribution in [2.45, 2.75) is 32.2 Å². The lowest BCUT2D eigenvalue weighted by Gasteiger charge is -2.36. The quantitative estimate of drug-likeness (QED) is 0.614. The highest BCUT2D eigenvalue weighted by Gasteiger charge is 2.45. The molecule has 1 saturated carbocycles. The molecule has 0 heterocycles. The lowest BCUT2D eigenvalue weighted by atomic mass is 9.66. The van der Waals surface area contributed by atoms with Gasteiger partial charge in [0.25, 0.3) is 5.69 Å². The van der Waals surface area contributed by atoms with Gasteiger partial charge in [-0.1, -0.05) is 24.6 Å². The first-order valence-electron chi connectivity index (χ1n) is 6.67. The van der Waals surface area contributed by atoms with E-state index in [4.69, 9.17) is 5.11 Å². The van der Waals surface area contributed by atoms with Gasteiger partial charge in [-0.05, 0) is 12.8 Å². The van der Waals surface area contributed by atoms with Gasteiger partial charge in [-0.25, -0.2) is 0 Å². The van der Waals surface area contributed by atoms with E-state index in [1.165, 1.54) is 6.07 Å². The Balaban J connectivity index is 1.96. The molecule has 0 bridgehead atoms. The molecule has 1 aliphatic rings. The highest BCUT2D eigenvalue weighted by molar-refractivity contribution is 5.85. The fourth-order valence-electron chi connectivity index (χ4n) is 2.47. The molecular formula is C14H16N2O5. The van der Waals surface area contributed by atoms with Gasteiger partial charge < -0.3 is 10.4 Å². The van der Waals surface area contributed by atoms with E-state index in [-0.39, 0.29) is 18.7 Å². The number of amides is 1. The third-order valence-electron chi connectivity index (χ3n) is 3.93. The Morgan fingerprint density at radius 2 is 2.00 bits per heavy atom. The zero-order valence-corrected chi connectivity index (χ0v) is 11.4. The predicted octanol–water partition coefficient (Wildman–Crippen LogP) is 1.86. The molecule has 0 radical (unpaired) electrons. The number of para-hydroxylation sites is 1. The molecule has 7 heteroatoms. The largest absolute Gasteiger partial charge is 0.481 e. The Bertz CT molecular complexity index is 580. The molecule has 0 unspecified atom stereocenters. The molecule has 7 nitrogen and oxygen atoms in total. The third kappa shape index (κ3) is 3.18. The molecule has 1 aromatic carbocycles. The van der Waals surface area contributed by atoms with Gasteiger partial charge in [0.05, 0.1) is 10.3 Å². The normalized spacial score (nSPS) is 15.8. The molecule has 0 spiro atoms. The topological polar surface area (TPSA) is 110 Å². The molecular weight excluding hydrogens is 276 g/mol. The summed E-state index contributed by atoms with van der Waals surface area (Å²) in [6.07, 6.45) is 1.73. The minimum absolute atomic E-state index is 0.0195. The van der Waals surface area contributed by atoms with Crippen molar-refractivity contribution in [1.82, 2.24) is 5.32 Å². The number of hydrogen-bond donors (Lipinski definition) is 2. The summed E-state index contributed by atoms with van der Waals surface area (Å²) in [5.74, 6) is -1.34. The zero-order valence-electron chi connectivity index (χ0n) is 11.4. The van der Waals surface area contributed by atoms with E-state index in [0.29, 0.717) is 18.4 Å². The second-order valence-electron chi connectivity index (χ2n) is 5.28. The van der Waals surface area contributed by atoms with Crippen LogP contribution in [0.5, 0.6) is 0 Å². The average molecular weight is 292 g/mol. The lowest BCUT2D eigenvalue weighted by Crippen LogP contribution is -2.42. The standard InChI is InChI=1S/C14H16N2O5/c17-12(8-14(13(18)19)6-3-7-14)15-9-10-4-1-2-5-11(10)16(20)21/h1-2,4-5H,3,6-9H2,(H,15,17)(H,18,19). The maximum absolute atomic E-state index is 11.9. The van der Waals surface area contributed by atoms with E-state index in [9.17, 15) is 19.7 Å². The third-order valence-corrected chi connectivity index (χ3v) is 3.93. The summed E-state index contributed by atoms with van der Waals surface area (Å²) in [7, 11) is 0. The summed E-state index contributed by atoms with van der Waals surface area (Å²) in [5.41, 5.74) is -0.615. The molecule has 2 N–H and O–H groups in total. The number of nitrogens with one attached hydrogen (secondary N) is 1. The van der Waals surface area contributed by atoms with Crippen LogP contribution in [0.3, 0.4) is 0 Å². The summed E-state index contributed by atoms with van der Waals surface area (Å²) in [5, 5.41) is 22.6. The fourth-order valence-corrected chi connectivity index (χ4v) is 2.47. The SMILES string of the molecule is O=C(CC1(C(=O)O)CCC1)NCc1ccccc1[N+](=O)[O-]. The van der Waals surface area contributed by atoms with E-state index in [2.05, 4.69) is 5.32 Å². The van der Waals surface area contributed by atoms with Crippen LogP contribution < -0.4 is 5.32 Å². The Kier molecular flexibility index (Phi) is 4.21. The second-order valence-corrected chi connectivity index (χ2v) is 5.28. The van der Waals surface area contributed by atoms with E-state index in [1.807, 2.05) is 0 Å². The molecule has 0 aliphatic heterocycles. The van der Waals surface area contributed by atoms with E-state index in [0.717, 1.165) is 6.42 Å². The molecule has 1 aromatic rings. The number of nitrogens with zero attached hydrogens (tertiary/aromatic N) is 1. The Morgan fingerprint density at radius 3 is 2.52 bits per heavy atom. The first-order chi connectivity index (χ1) is 9.94. The molecule has 0 atom stereocenters. The van der Waals surface area contributed by atoms with E-state index >= 15 is 0 Å². The Labute approximate surface area is 121 Å². The number of aliphatic carboxylic acids is 1. The minimum atomic E-state index is -0.952. The highest BCUT2D eigenvalue weighted by atomic mass is 16.6. The van der Waals surface area contributed by atoms with Crippen molar-refractivity contribution in [3.63, 3.8) is 0 Å². The molecule has 1 fully saturated rings. The van der Waals surface area contributed by atoms with Crippen LogP contribution in [-0.2, 0) is 16.1 Å². The summed E-state index contributed by atoms with van der Waals surface area (Å²) in [6.45, 7) is 0.0195. The molecule has 112 valence electrons. The second kappa shape index (κ2) is 5.90. The molecule has 0 aromatic heterocycles. The van der Waals surface area contributed by atoms with Crippen LogP contribution >= 0.6 is 0 Å². The van der Waals surface area contributed by atoms with Gasteiger partial charge in [0.2, 0.25) is 5.91 Å². The average Bonchev–Trinajstić information content (AvgIpc) is 2.40. The molecule has 21 heavy (non-hydrogen) atoms. The molecule has 1 amide bonds. The van der Waals surface area contributed by atoms with Gasteiger partial charge >= 0.3 is 5.97 Å². The maximum atomic E-state index is 11.9. The summed E-state index contributed by atoms with van der Waals surface area (Å²) < 4.78 is 0. The molecule has 0 saturated heterocycles. The number of benzene rings is 1. The highest BCUT2D eigenvalue weighted by Crippen LogP contribution is 2.44. The van der Waals surface area contributed by atoms with Crippen molar-refractivity contribution >= 4 is 17.6 Å². The van der Waals surface area contributed by atoms with Crippen molar-refractivity contribution in [3.05, 3.63) is 39.9 Å². The number of hydrogen-bond acceptors (Lipinski definition) is 4. The first-order valence-corrected chi connectivity index (χ1v) is 6.67. The monoisotopic (exact) mass is 292 g/mol. The van der Waals surface area contributed by atoms with Crippen LogP contribution in [-0.4, -0.2) is 21.9 Å². The van der Waals surface area contributed by atoms with Crippen molar-refractivity contribution in [2.75, 3.05) is 0 Å². The van der Waals surface area contributed by atoms with Crippen molar-refractivity contribution in [3.8, 4) is 0 Å². The van der Waals surface area contributed by atoms with Gasteiger partial charge in [-0.2, -0.15) is 0 Å². The van der Waals surface area contributed by atoms with Gasteiger partial charge in [-0.15, -0.1) is 0 Å². The summed E-state index contributed by atoms with van der Waals surface area (Å²) >= 11 is 0. The zero-order chi connectivity index (χ0) is 15.5. The van der Waals surface area contributed by atoms with Gasteiger partial charge in [-0.3, -0.25) is 19.7 Å². The number of nitro benzene ring substituents is 1. The van der Waals surface area contributed by atoms with Crippen LogP contribution in [0.1, 0.15) is 31.2 Å². The number of carboxylic acids is 1. The molecule has 1 aliphatic carbocycles. The summed E-state index contributed by atoms with van der Waals surface area (Å²) in [4.78, 5) is 33.4. The van der Waals surface area contributed by atoms with Gasteiger partial charge in [0, 0.05) is 24.6 Å². The fraction of sp³-hybridized carbons (Fsp3) is 0.429. The van der Waals surface area contributed by atoms with E-state index < -0.39 is 22.2 Å². The van der Waals surface area contributed by atoms with Gasteiger partial charge in [0.15, 0.2) is 0 Å². The number of carbonyl (C=O) groups excluding carboxylic acids is 1. The van der Waals surface area contributed by atoms with Crippen LogP contribution in [0, 0.1) is 15.5 Å². The Hall–Kier alpha value is -2.44. The van der Waals surface area contributed by atoms with Crippen molar-refractivity contribution < 1.29 is 19.6 Å². The minimum Gasteiger partial charge on any atom is -0.481 e. The number of nitro groups is 1. The predicted molar refractivity (Wildman–Crippen MR) is 73.5 cm³/mol. The number of carbonyl (C=O) groups is 2. The number of rotatable bonds is 6. The molecule has 2 rings (SSSR count). The van der Waals surface area contributed by atoms with Crippen LogP contribution in [0.2, 0.25) is 0 Å². The maximum Gasteiger partial charge on any atom is 0.310 e. The van der Waals surface area contributed by atoms with Crippen LogP contribution in [0.4, 0.5) is 5.69 Å². The van der Waals surface area contributed by atoms with Gasteiger partial charge in [0.1, 0.15) is 0 Å². The number of carboxylic acid groups (broad SMARTS) is 1. The van der Waals surface area contributed by atoms with Crippen molar-refractivity contribution in [1.29, 1.82) is 0 Å². The van der Waals surface area contributed by atoms with Crippen LogP contribution in [0.15, 0.2) is 24.3 Å². The first kappa shape index (κ1) is 15.0.